The molecule has 0 aromatic heterocycles. The fraction of sp³-hybridized carbons (Fsp3) is 0.923. The molecule has 1 saturated heterocycles. The van der Waals surface area contributed by atoms with Crippen LogP contribution in [0.15, 0.2) is 0 Å². The van der Waals surface area contributed by atoms with Gasteiger partial charge >= 0.3 is 5.97 Å². The Morgan fingerprint density at radius 3 is 2.65 bits per heavy atom. The van der Waals surface area contributed by atoms with E-state index in [0.717, 1.165) is 18.4 Å². The van der Waals surface area contributed by atoms with Crippen molar-refractivity contribution in [1.82, 2.24) is 4.90 Å². The fourth-order valence-corrected chi connectivity index (χ4v) is 4.24. The lowest BCUT2D eigenvalue weighted by atomic mass is 9.88. The summed E-state index contributed by atoms with van der Waals surface area (Å²) in [7, 11) is 0. The van der Waals surface area contributed by atoms with E-state index in [-0.39, 0.29) is 0 Å². The maximum atomic E-state index is 11.1. The quantitative estimate of drug-likeness (QED) is 0.769. The molecule has 0 aromatic rings. The second-order valence-corrected chi connectivity index (χ2v) is 6.13. The number of aliphatic carboxylic acids is 1. The van der Waals surface area contributed by atoms with Gasteiger partial charge in [0.25, 0.3) is 0 Å². The molecular formula is C13H21NO3. The molecule has 0 radical (unpaired) electrons. The van der Waals surface area contributed by atoms with Crippen molar-refractivity contribution >= 4 is 5.97 Å². The zero-order valence-electron chi connectivity index (χ0n) is 10.1. The number of hydrogen-bond acceptors (Lipinski definition) is 3. The minimum atomic E-state index is -0.773. The zero-order valence-corrected chi connectivity index (χ0v) is 10.1. The van der Waals surface area contributed by atoms with Gasteiger partial charge in [0.1, 0.15) is 6.04 Å². The number of nitrogens with zero attached hydrogens (tertiary/aromatic N) is 1. The third-order valence-electron chi connectivity index (χ3n) is 5.02. The zero-order chi connectivity index (χ0) is 12.0. The maximum absolute atomic E-state index is 11.1. The van der Waals surface area contributed by atoms with Crippen LogP contribution in [-0.2, 0) is 4.79 Å². The van der Waals surface area contributed by atoms with Gasteiger partial charge in [-0.1, -0.05) is 6.42 Å². The second-order valence-electron chi connectivity index (χ2n) is 6.13. The van der Waals surface area contributed by atoms with Crippen LogP contribution in [0.25, 0.3) is 0 Å². The SMILES string of the molecule is O=C(O)C1CC(O)CN1CC1CC2CCC1C2. The van der Waals surface area contributed by atoms with E-state index in [9.17, 15) is 9.90 Å². The van der Waals surface area contributed by atoms with Crippen molar-refractivity contribution in [3.05, 3.63) is 0 Å². The third-order valence-corrected chi connectivity index (χ3v) is 5.02. The van der Waals surface area contributed by atoms with Gasteiger partial charge in [0.05, 0.1) is 6.10 Å². The summed E-state index contributed by atoms with van der Waals surface area (Å²) < 4.78 is 0. The molecular weight excluding hydrogens is 218 g/mol. The number of aliphatic hydroxyl groups excluding tert-OH is 1. The largest absolute Gasteiger partial charge is 0.480 e. The molecule has 0 amide bonds. The first kappa shape index (κ1) is 11.5. The van der Waals surface area contributed by atoms with Crippen LogP contribution in [0.4, 0.5) is 0 Å². The predicted octanol–water partition coefficient (Wildman–Crippen LogP) is 0.942. The number of carbonyl (C=O) groups is 1. The van der Waals surface area contributed by atoms with Gasteiger partial charge in [0.15, 0.2) is 0 Å². The van der Waals surface area contributed by atoms with E-state index in [1.807, 2.05) is 4.90 Å². The van der Waals surface area contributed by atoms with Gasteiger partial charge in [-0.15, -0.1) is 0 Å². The number of carboxylic acid groups (broad SMARTS) is 1. The van der Waals surface area contributed by atoms with Crippen LogP contribution in [0, 0.1) is 17.8 Å². The monoisotopic (exact) mass is 239 g/mol. The average molecular weight is 239 g/mol. The van der Waals surface area contributed by atoms with Crippen molar-refractivity contribution in [3.8, 4) is 0 Å². The summed E-state index contributed by atoms with van der Waals surface area (Å²) in [6.45, 7) is 1.43. The number of carboxylic acids is 1. The maximum Gasteiger partial charge on any atom is 0.321 e. The highest BCUT2D eigenvalue weighted by molar-refractivity contribution is 5.74. The molecule has 5 atom stereocenters. The summed E-state index contributed by atoms with van der Waals surface area (Å²) in [6, 6.07) is -0.455. The summed E-state index contributed by atoms with van der Waals surface area (Å²) in [5, 5.41) is 18.8. The highest BCUT2D eigenvalue weighted by atomic mass is 16.4. The first-order valence-corrected chi connectivity index (χ1v) is 6.78. The molecule has 0 aromatic carbocycles. The molecule has 3 aliphatic rings. The van der Waals surface area contributed by atoms with Gasteiger partial charge in [-0.25, -0.2) is 0 Å². The van der Waals surface area contributed by atoms with Crippen molar-refractivity contribution in [3.63, 3.8) is 0 Å². The van der Waals surface area contributed by atoms with Crippen LogP contribution >= 0.6 is 0 Å². The van der Waals surface area contributed by atoms with Crippen LogP contribution in [0.2, 0.25) is 0 Å². The lowest BCUT2D eigenvalue weighted by molar-refractivity contribution is -0.142. The Bertz CT molecular complexity index is 320. The predicted molar refractivity (Wildman–Crippen MR) is 62.6 cm³/mol. The molecule has 2 N–H and O–H groups in total. The molecule has 5 unspecified atom stereocenters. The van der Waals surface area contributed by atoms with E-state index in [0.29, 0.717) is 18.9 Å². The van der Waals surface area contributed by atoms with Crippen LogP contribution in [0.3, 0.4) is 0 Å². The molecule has 1 aliphatic heterocycles. The highest BCUT2D eigenvalue weighted by Crippen LogP contribution is 2.48. The minimum absolute atomic E-state index is 0.399. The summed E-state index contributed by atoms with van der Waals surface area (Å²) in [4.78, 5) is 13.1. The lowest BCUT2D eigenvalue weighted by Gasteiger charge is -2.29. The summed E-state index contributed by atoms with van der Waals surface area (Å²) in [5.41, 5.74) is 0. The Balaban J connectivity index is 1.62. The van der Waals surface area contributed by atoms with Crippen molar-refractivity contribution in [2.45, 2.75) is 44.2 Å². The van der Waals surface area contributed by atoms with Crippen molar-refractivity contribution < 1.29 is 15.0 Å². The van der Waals surface area contributed by atoms with Gasteiger partial charge in [-0.05, 0) is 37.0 Å². The van der Waals surface area contributed by atoms with Crippen LogP contribution in [-0.4, -0.2) is 46.3 Å². The second kappa shape index (κ2) is 4.25. The minimum Gasteiger partial charge on any atom is -0.480 e. The summed E-state index contributed by atoms with van der Waals surface area (Å²) >= 11 is 0. The molecule has 96 valence electrons. The number of aliphatic hydroxyl groups is 1. The number of fused-ring (bicyclic) bond motifs is 2. The molecule has 2 aliphatic carbocycles. The number of hydrogen-bond donors (Lipinski definition) is 2. The molecule has 4 heteroatoms. The topological polar surface area (TPSA) is 60.8 Å². The highest BCUT2D eigenvalue weighted by Gasteiger charge is 2.43. The van der Waals surface area contributed by atoms with E-state index < -0.39 is 18.1 Å². The lowest BCUT2D eigenvalue weighted by Crippen LogP contribution is -2.40. The van der Waals surface area contributed by atoms with Gasteiger partial charge in [-0.3, -0.25) is 9.69 Å². The fourth-order valence-electron chi connectivity index (χ4n) is 4.24. The molecule has 0 spiro atoms. The van der Waals surface area contributed by atoms with Crippen LogP contribution in [0.5, 0.6) is 0 Å². The smallest absolute Gasteiger partial charge is 0.321 e. The van der Waals surface area contributed by atoms with E-state index in [2.05, 4.69) is 0 Å². The first-order valence-electron chi connectivity index (χ1n) is 6.78. The van der Waals surface area contributed by atoms with E-state index in [1.165, 1.54) is 25.7 Å². The van der Waals surface area contributed by atoms with Crippen molar-refractivity contribution in [1.29, 1.82) is 0 Å². The third kappa shape index (κ3) is 2.08. The Morgan fingerprint density at radius 1 is 1.24 bits per heavy atom. The molecule has 2 saturated carbocycles. The van der Waals surface area contributed by atoms with Gasteiger partial charge in [0, 0.05) is 19.5 Å². The van der Waals surface area contributed by atoms with E-state index in [1.54, 1.807) is 0 Å². The van der Waals surface area contributed by atoms with Gasteiger partial charge in [0.2, 0.25) is 0 Å². The number of rotatable bonds is 3. The molecule has 3 fully saturated rings. The summed E-state index contributed by atoms with van der Waals surface area (Å²) in [5.74, 6) is 1.64. The standard InChI is InChI=1S/C13H21NO3/c15-11-5-12(13(16)17)14(7-11)6-10-4-8-1-2-9(10)3-8/h8-12,15H,1-7H2,(H,16,17). The molecule has 2 bridgehead atoms. The first-order chi connectivity index (χ1) is 8.13. The van der Waals surface area contributed by atoms with E-state index in [4.69, 9.17) is 5.11 Å². The van der Waals surface area contributed by atoms with Gasteiger partial charge in [-0.2, -0.15) is 0 Å². The van der Waals surface area contributed by atoms with Crippen LogP contribution < -0.4 is 0 Å². The van der Waals surface area contributed by atoms with Crippen molar-refractivity contribution in [2.24, 2.45) is 17.8 Å². The molecule has 17 heavy (non-hydrogen) atoms. The normalized spacial score (nSPS) is 45.6. The molecule has 3 rings (SSSR count). The summed E-state index contributed by atoms with van der Waals surface area (Å²) in [6.07, 6.45) is 5.31. The number of β-amino-alcohol motifs (C(OH)–C–C–N with tert-alkyl or cyclic N) is 1. The number of likely N-dealkylation sites (tertiary alicyclic amines) is 1. The Labute approximate surface area is 102 Å². The Hall–Kier alpha value is -0.610. The van der Waals surface area contributed by atoms with E-state index >= 15 is 0 Å². The van der Waals surface area contributed by atoms with Gasteiger partial charge < -0.3 is 10.2 Å². The Kier molecular flexibility index (Phi) is 2.87. The Morgan fingerprint density at radius 2 is 2.06 bits per heavy atom. The van der Waals surface area contributed by atoms with Crippen molar-refractivity contribution in [2.75, 3.05) is 13.1 Å². The average Bonchev–Trinajstić information content (AvgIpc) is 2.93. The molecule has 4 nitrogen and oxygen atoms in total. The van der Waals surface area contributed by atoms with Crippen LogP contribution in [0.1, 0.15) is 32.1 Å². The molecule has 1 heterocycles.